The maximum absolute atomic E-state index is 10.1. The Morgan fingerprint density at radius 2 is 2.71 bits per heavy atom. The molecule has 1 amide bonds. The van der Waals surface area contributed by atoms with Crippen LogP contribution in [-0.4, -0.2) is 12.1 Å². The summed E-state index contributed by atoms with van der Waals surface area (Å²) in [6.07, 6.45) is -0.354. The highest BCUT2D eigenvalue weighted by molar-refractivity contribution is 5.70. The molecule has 1 saturated heterocycles. The summed E-state index contributed by atoms with van der Waals surface area (Å²) in [7, 11) is 0. The average molecular weight is 100 g/mol. The van der Waals surface area contributed by atoms with Gasteiger partial charge in [-0.15, -0.1) is 0 Å². The number of rotatable bonds is 0. The van der Waals surface area contributed by atoms with Gasteiger partial charge in [0.15, 0.2) is 6.61 Å². The van der Waals surface area contributed by atoms with Crippen molar-refractivity contribution < 1.29 is 9.53 Å². The molecular weight excluding hydrogens is 94.0 g/mol. The zero-order valence-electron chi connectivity index (χ0n) is 3.97. The van der Waals surface area contributed by atoms with E-state index >= 15 is 0 Å². The van der Waals surface area contributed by atoms with Gasteiger partial charge in [-0.2, -0.15) is 0 Å². The van der Waals surface area contributed by atoms with Gasteiger partial charge in [-0.3, -0.25) is 0 Å². The third-order valence-corrected chi connectivity index (χ3v) is 0.725. The molecule has 0 aliphatic carbocycles. The molecule has 0 aromatic carbocycles. The van der Waals surface area contributed by atoms with Crippen molar-refractivity contribution in [2.75, 3.05) is 0 Å². The monoisotopic (exact) mass is 100 g/mol. The van der Waals surface area contributed by atoms with Gasteiger partial charge in [0.2, 0.25) is 0 Å². The van der Waals surface area contributed by atoms with Gasteiger partial charge in [0.05, 0.1) is 6.04 Å². The SMILES string of the molecule is CC1[CH]OC(=O)N1. The fourth-order valence-electron chi connectivity index (χ4n) is 0.418. The molecule has 1 heterocycles. The molecule has 3 heteroatoms. The van der Waals surface area contributed by atoms with E-state index in [-0.39, 0.29) is 12.1 Å². The molecule has 1 fully saturated rings. The number of nitrogens with one attached hydrogen (secondary N) is 1. The third kappa shape index (κ3) is 0.824. The van der Waals surface area contributed by atoms with Gasteiger partial charge in [0.1, 0.15) is 0 Å². The summed E-state index contributed by atoms with van der Waals surface area (Å²) >= 11 is 0. The van der Waals surface area contributed by atoms with Crippen molar-refractivity contribution in [3.63, 3.8) is 0 Å². The first-order valence-electron chi connectivity index (χ1n) is 2.09. The number of amides is 1. The van der Waals surface area contributed by atoms with Crippen molar-refractivity contribution in [1.29, 1.82) is 0 Å². The summed E-state index contributed by atoms with van der Waals surface area (Å²) in [6, 6.07) is 0.0764. The van der Waals surface area contributed by atoms with Crippen molar-refractivity contribution in [3.05, 3.63) is 6.61 Å². The van der Waals surface area contributed by atoms with Crippen LogP contribution in [0.1, 0.15) is 6.92 Å². The van der Waals surface area contributed by atoms with Gasteiger partial charge < -0.3 is 10.1 Å². The Morgan fingerprint density at radius 3 is 2.86 bits per heavy atom. The fourth-order valence-corrected chi connectivity index (χ4v) is 0.418. The van der Waals surface area contributed by atoms with E-state index < -0.39 is 0 Å². The molecule has 3 nitrogen and oxygen atoms in total. The smallest absolute Gasteiger partial charge is 0.407 e. The topological polar surface area (TPSA) is 38.3 Å². The van der Waals surface area contributed by atoms with Crippen LogP contribution in [0.3, 0.4) is 0 Å². The highest BCUT2D eigenvalue weighted by Crippen LogP contribution is 1.99. The first-order chi connectivity index (χ1) is 3.29. The van der Waals surface area contributed by atoms with Gasteiger partial charge in [-0.1, -0.05) is 0 Å². The minimum atomic E-state index is -0.354. The predicted octanol–water partition coefficient (Wildman–Crippen LogP) is 0.276. The molecule has 1 atom stereocenters. The summed E-state index contributed by atoms with van der Waals surface area (Å²) in [4.78, 5) is 10.1. The van der Waals surface area contributed by atoms with Crippen LogP contribution in [0.5, 0.6) is 0 Å². The second-order valence-corrected chi connectivity index (χ2v) is 1.47. The number of hydrogen-bond acceptors (Lipinski definition) is 2. The number of ether oxygens (including phenoxy) is 1. The Kier molecular flexibility index (Phi) is 0.889. The zero-order chi connectivity index (χ0) is 5.28. The first-order valence-corrected chi connectivity index (χ1v) is 2.09. The molecule has 0 aromatic heterocycles. The summed E-state index contributed by atoms with van der Waals surface area (Å²) in [5, 5.41) is 2.50. The Balaban J connectivity index is 2.40. The van der Waals surface area contributed by atoms with Gasteiger partial charge in [0, 0.05) is 0 Å². The molecule has 1 aliphatic heterocycles. The number of hydrogen-bond donors (Lipinski definition) is 1. The second kappa shape index (κ2) is 1.40. The molecular formula is C4H6NO2. The minimum Gasteiger partial charge on any atom is -0.440 e. The molecule has 1 unspecified atom stereocenters. The lowest BCUT2D eigenvalue weighted by Crippen LogP contribution is -2.20. The van der Waals surface area contributed by atoms with Crippen molar-refractivity contribution >= 4 is 6.09 Å². The third-order valence-electron chi connectivity index (χ3n) is 0.725. The van der Waals surface area contributed by atoms with Gasteiger partial charge in [-0.25, -0.2) is 4.79 Å². The normalized spacial score (nSPS) is 29.3. The maximum atomic E-state index is 10.1. The molecule has 1 radical (unpaired) electrons. The van der Waals surface area contributed by atoms with E-state index in [2.05, 4.69) is 10.1 Å². The van der Waals surface area contributed by atoms with E-state index in [0.29, 0.717) is 0 Å². The van der Waals surface area contributed by atoms with Gasteiger partial charge >= 0.3 is 6.09 Å². The molecule has 0 saturated carbocycles. The highest BCUT2D eigenvalue weighted by atomic mass is 16.6. The molecule has 1 N–H and O–H groups in total. The Bertz CT molecular complexity index is 91.7. The summed E-state index contributed by atoms with van der Waals surface area (Å²) < 4.78 is 4.39. The predicted molar refractivity (Wildman–Crippen MR) is 23.4 cm³/mol. The zero-order valence-corrected chi connectivity index (χ0v) is 3.97. The standard InChI is InChI=1S/C4H6NO2/c1-3-2-7-4(6)5-3/h2-3H,1H3,(H,5,6). The lowest BCUT2D eigenvalue weighted by molar-refractivity contribution is 0.193. The molecule has 0 bridgehead atoms. The van der Waals surface area contributed by atoms with Crippen LogP contribution < -0.4 is 5.32 Å². The Morgan fingerprint density at radius 1 is 2.00 bits per heavy atom. The lowest BCUT2D eigenvalue weighted by atomic mass is 10.4. The van der Waals surface area contributed by atoms with E-state index in [1.807, 2.05) is 6.92 Å². The second-order valence-electron chi connectivity index (χ2n) is 1.47. The van der Waals surface area contributed by atoms with E-state index in [9.17, 15) is 4.79 Å². The first kappa shape index (κ1) is 4.43. The molecule has 0 spiro atoms. The maximum Gasteiger partial charge on any atom is 0.407 e. The van der Waals surface area contributed by atoms with Crippen molar-refractivity contribution in [3.8, 4) is 0 Å². The van der Waals surface area contributed by atoms with Crippen molar-refractivity contribution in [1.82, 2.24) is 5.32 Å². The summed E-state index contributed by atoms with van der Waals surface area (Å²) in [5.41, 5.74) is 0. The minimum absolute atomic E-state index is 0.0764. The van der Waals surface area contributed by atoms with E-state index in [1.165, 1.54) is 6.61 Å². The van der Waals surface area contributed by atoms with E-state index in [4.69, 9.17) is 0 Å². The fraction of sp³-hybridized carbons (Fsp3) is 0.500. The molecule has 39 valence electrons. The number of carbonyl (C=O) groups excluding carboxylic acids is 1. The number of carbonyl (C=O) groups is 1. The van der Waals surface area contributed by atoms with Gasteiger partial charge in [0.25, 0.3) is 0 Å². The van der Waals surface area contributed by atoms with Crippen LogP contribution in [0.4, 0.5) is 4.79 Å². The summed E-state index contributed by atoms with van der Waals surface area (Å²) in [5.74, 6) is 0. The number of alkyl carbamates (subject to hydrolysis) is 1. The van der Waals surface area contributed by atoms with Crippen LogP contribution in [0, 0.1) is 6.61 Å². The Labute approximate surface area is 41.7 Å². The Hall–Kier alpha value is -0.730. The van der Waals surface area contributed by atoms with Crippen molar-refractivity contribution in [2.45, 2.75) is 13.0 Å². The molecule has 7 heavy (non-hydrogen) atoms. The summed E-state index contributed by atoms with van der Waals surface area (Å²) in [6.45, 7) is 3.30. The average Bonchev–Trinajstić information content (AvgIpc) is 1.87. The highest BCUT2D eigenvalue weighted by Gasteiger charge is 2.17. The lowest BCUT2D eigenvalue weighted by Gasteiger charge is -1.89. The largest absolute Gasteiger partial charge is 0.440 e. The van der Waals surface area contributed by atoms with Crippen LogP contribution in [0.25, 0.3) is 0 Å². The van der Waals surface area contributed by atoms with Crippen molar-refractivity contribution in [2.24, 2.45) is 0 Å². The van der Waals surface area contributed by atoms with E-state index in [1.54, 1.807) is 0 Å². The van der Waals surface area contributed by atoms with Gasteiger partial charge in [-0.05, 0) is 6.92 Å². The van der Waals surface area contributed by atoms with Crippen LogP contribution in [0.15, 0.2) is 0 Å². The van der Waals surface area contributed by atoms with Crippen LogP contribution in [-0.2, 0) is 4.74 Å². The van der Waals surface area contributed by atoms with Crippen LogP contribution in [0.2, 0.25) is 0 Å². The molecule has 0 aromatic rings. The number of cyclic esters (lactones) is 1. The van der Waals surface area contributed by atoms with E-state index in [0.717, 1.165) is 0 Å². The quantitative estimate of drug-likeness (QED) is 0.474. The molecule has 1 rings (SSSR count). The molecule has 1 aliphatic rings. The van der Waals surface area contributed by atoms with Crippen LogP contribution >= 0.6 is 0 Å².